The lowest BCUT2D eigenvalue weighted by molar-refractivity contribution is -0.133. The molecule has 1 amide bonds. The van der Waals surface area contributed by atoms with Crippen molar-refractivity contribution >= 4 is 27.3 Å². The smallest absolute Gasteiger partial charge is 0.228 e. The molecule has 31 heavy (non-hydrogen) atoms. The van der Waals surface area contributed by atoms with Gasteiger partial charge in [-0.05, 0) is 43.4 Å². The largest absolute Gasteiger partial charge is 0.337 e. The minimum absolute atomic E-state index is 0.0262. The van der Waals surface area contributed by atoms with Crippen molar-refractivity contribution < 1.29 is 13.2 Å². The van der Waals surface area contributed by atoms with Crippen LogP contribution in [0.3, 0.4) is 0 Å². The van der Waals surface area contributed by atoms with E-state index in [1.807, 2.05) is 32.6 Å². The Morgan fingerprint density at radius 3 is 2.35 bits per heavy atom. The van der Waals surface area contributed by atoms with Crippen molar-refractivity contribution in [2.45, 2.75) is 71.5 Å². The molecule has 0 radical (unpaired) electrons. The Bertz CT molecular complexity index is 997. The normalized spacial score (nSPS) is 12.2. The predicted octanol–water partition coefficient (Wildman–Crippen LogP) is 5.12. The molecule has 1 heterocycles. The number of sulfone groups is 1. The maximum Gasteiger partial charge on any atom is 0.228 e. The van der Waals surface area contributed by atoms with E-state index >= 15 is 0 Å². The van der Waals surface area contributed by atoms with Crippen LogP contribution in [-0.4, -0.2) is 35.3 Å². The summed E-state index contributed by atoms with van der Waals surface area (Å²) in [5.41, 5.74) is 1.33. The number of hydrogen-bond acceptors (Lipinski definition) is 4. The molecule has 0 fully saturated rings. The van der Waals surface area contributed by atoms with Crippen LogP contribution in [0.2, 0.25) is 5.02 Å². The van der Waals surface area contributed by atoms with Crippen molar-refractivity contribution in [1.82, 2.24) is 14.5 Å². The molecular weight excluding hydrogens is 434 g/mol. The van der Waals surface area contributed by atoms with E-state index in [1.54, 1.807) is 35.0 Å². The van der Waals surface area contributed by atoms with Gasteiger partial charge in [0.1, 0.15) is 0 Å². The molecule has 0 unspecified atom stereocenters. The molecule has 172 valence electrons. The van der Waals surface area contributed by atoms with Crippen LogP contribution in [0.15, 0.2) is 35.6 Å². The van der Waals surface area contributed by atoms with Gasteiger partial charge >= 0.3 is 0 Å². The highest BCUT2D eigenvalue weighted by Gasteiger charge is 2.27. The second-order valence-corrected chi connectivity index (χ2v) is 11.5. The fraction of sp³-hybridized carbons (Fsp3) is 0.565. The predicted molar refractivity (Wildman–Crippen MR) is 125 cm³/mol. The van der Waals surface area contributed by atoms with Gasteiger partial charge in [0.05, 0.1) is 24.2 Å². The van der Waals surface area contributed by atoms with Gasteiger partial charge in [-0.1, -0.05) is 51.4 Å². The Balaban J connectivity index is 2.38. The molecule has 8 heteroatoms. The van der Waals surface area contributed by atoms with Crippen LogP contribution in [0, 0.1) is 11.8 Å². The first-order chi connectivity index (χ1) is 14.4. The molecule has 0 saturated heterocycles. The standard InChI is InChI=1S/C23H34ClN3O3S/c1-16(2)10-22(28)26(13-17(3)4)14-21-12-25-23(27(21)18(5)6)31(29,30)15-19-8-7-9-20(24)11-19/h7-9,11-12,16-18H,10,13-15H2,1-6H3. The summed E-state index contributed by atoms with van der Waals surface area (Å²) in [6.45, 7) is 13.0. The number of carbonyl (C=O) groups is 1. The fourth-order valence-corrected chi connectivity index (χ4v) is 5.36. The summed E-state index contributed by atoms with van der Waals surface area (Å²) >= 11 is 6.02. The summed E-state index contributed by atoms with van der Waals surface area (Å²) < 4.78 is 28.1. The summed E-state index contributed by atoms with van der Waals surface area (Å²) in [6, 6.07) is 6.71. The van der Waals surface area contributed by atoms with Crippen molar-refractivity contribution in [2.24, 2.45) is 11.8 Å². The number of benzene rings is 1. The van der Waals surface area contributed by atoms with Crippen molar-refractivity contribution in [3.63, 3.8) is 0 Å². The van der Waals surface area contributed by atoms with Crippen molar-refractivity contribution in [1.29, 1.82) is 0 Å². The Kier molecular flexibility index (Phi) is 8.72. The number of carbonyl (C=O) groups excluding carboxylic acids is 1. The van der Waals surface area contributed by atoms with Gasteiger partial charge in [-0.25, -0.2) is 13.4 Å². The van der Waals surface area contributed by atoms with Crippen LogP contribution in [0.4, 0.5) is 0 Å². The Morgan fingerprint density at radius 2 is 1.81 bits per heavy atom. The maximum atomic E-state index is 13.2. The molecule has 0 bridgehead atoms. The van der Waals surface area contributed by atoms with Gasteiger partial charge < -0.3 is 9.47 Å². The summed E-state index contributed by atoms with van der Waals surface area (Å²) in [7, 11) is -3.69. The van der Waals surface area contributed by atoms with E-state index in [-0.39, 0.29) is 28.8 Å². The third-order valence-electron chi connectivity index (χ3n) is 4.75. The molecule has 0 aliphatic carbocycles. The van der Waals surface area contributed by atoms with Crippen molar-refractivity contribution in [2.75, 3.05) is 6.54 Å². The third kappa shape index (κ3) is 7.07. The fourth-order valence-electron chi connectivity index (χ4n) is 3.56. The van der Waals surface area contributed by atoms with Gasteiger partial charge in [-0.2, -0.15) is 0 Å². The van der Waals surface area contributed by atoms with E-state index in [1.165, 1.54) is 0 Å². The lowest BCUT2D eigenvalue weighted by Gasteiger charge is -2.27. The van der Waals surface area contributed by atoms with Gasteiger partial charge in [-0.3, -0.25) is 4.79 Å². The minimum atomic E-state index is -3.69. The van der Waals surface area contributed by atoms with Gasteiger partial charge in [-0.15, -0.1) is 0 Å². The lowest BCUT2D eigenvalue weighted by atomic mass is 10.1. The van der Waals surface area contributed by atoms with Crippen LogP contribution in [0.5, 0.6) is 0 Å². The van der Waals surface area contributed by atoms with Gasteiger partial charge in [0.2, 0.25) is 20.9 Å². The van der Waals surface area contributed by atoms with Gasteiger partial charge in [0.15, 0.2) is 0 Å². The molecule has 0 atom stereocenters. The Hall–Kier alpha value is -1.86. The number of aromatic nitrogens is 2. The monoisotopic (exact) mass is 467 g/mol. The van der Waals surface area contributed by atoms with Crippen LogP contribution in [0.1, 0.15) is 65.3 Å². The molecular formula is C23H34ClN3O3S. The number of amides is 1. The van der Waals surface area contributed by atoms with Crippen LogP contribution in [0.25, 0.3) is 0 Å². The highest BCUT2D eigenvalue weighted by Crippen LogP contribution is 2.24. The molecule has 1 aromatic heterocycles. The molecule has 6 nitrogen and oxygen atoms in total. The summed E-state index contributed by atoms with van der Waals surface area (Å²) in [4.78, 5) is 18.9. The molecule has 1 aromatic carbocycles. The average Bonchev–Trinajstić information content (AvgIpc) is 3.04. The van der Waals surface area contributed by atoms with E-state index in [4.69, 9.17) is 11.6 Å². The molecule has 2 rings (SSSR count). The van der Waals surface area contributed by atoms with Crippen molar-refractivity contribution in [3.05, 3.63) is 46.7 Å². The van der Waals surface area contributed by atoms with E-state index in [2.05, 4.69) is 18.8 Å². The van der Waals surface area contributed by atoms with Crippen molar-refractivity contribution in [3.8, 4) is 0 Å². The van der Waals surface area contributed by atoms with Crippen LogP contribution >= 0.6 is 11.6 Å². The Labute approximate surface area is 191 Å². The molecule has 0 spiro atoms. The second-order valence-electron chi connectivity index (χ2n) is 9.15. The topological polar surface area (TPSA) is 72.3 Å². The third-order valence-corrected chi connectivity index (χ3v) is 6.56. The minimum Gasteiger partial charge on any atom is -0.337 e. The highest BCUT2D eigenvalue weighted by molar-refractivity contribution is 7.90. The highest BCUT2D eigenvalue weighted by atomic mass is 35.5. The number of rotatable bonds is 10. The first kappa shape index (κ1) is 25.4. The SMILES string of the molecule is CC(C)CC(=O)N(Cc1cnc(S(=O)(=O)Cc2cccc(Cl)c2)n1C(C)C)CC(C)C. The first-order valence-corrected chi connectivity index (χ1v) is 12.7. The van der Waals surface area contributed by atoms with Crippen LogP contribution in [-0.2, 0) is 26.9 Å². The van der Waals surface area contributed by atoms with E-state index in [0.717, 1.165) is 5.69 Å². The zero-order valence-electron chi connectivity index (χ0n) is 19.3. The van der Waals surface area contributed by atoms with Gasteiger partial charge in [0, 0.05) is 24.0 Å². The maximum absolute atomic E-state index is 13.2. The first-order valence-electron chi connectivity index (χ1n) is 10.7. The van der Waals surface area contributed by atoms with Crippen LogP contribution < -0.4 is 0 Å². The quantitative estimate of drug-likeness (QED) is 0.486. The molecule has 0 saturated carbocycles. The van der Waals surface area contributed by atoms with E-state index in [0.29, 0.717) is 36.0 Å². The zero-order chi connectivity index (χ0) is 23.3. The summed E-state index contributed by atoms with van der Waals surface area (Å²) in [6.07, 6.45) is 2.04. The number of nitrogens with zero attached hydrogens (tertiary/aromatic N) is 3. The summed E-state index contributed by atoms with van der Waals surface area (Å²) in [5, 5.41) is 0.520. The molecule has 0 aliphatic heterocycles. The number of imidazole rings is 1. The lowest BCUT2D eigenvalue weighted by Crippen LogP contribution is -2.35. The summed E-state index contributed by atoms with van der Waals surface area (Å²) in [5.74, 6) is 0.450. The van der Waals surface area contributed by atoms with E-state index < -0.39 is 9.84 Å². The molecule has 2 aromatic rings. The number of hydrogen-bond donors (Lipinski definition) is 0. The number of halogens is 1. The zero-order valence-corrected chi connectivity index (χ0v) is 20.9. The Morgan fingerprint density at radius 1 is 1.13 bits per heavy atom. The molecule has 0 N–H and O–H groups in total. The second kappa shape index (κ2) is 10.6. The average molecular weight is 468 g/mol. The van der Waals surface area contributed by atoms with Gasteiger partial charge in [0.25, 0.3) is 0 Å². The van der Waals surface area contributed by atoms with E-state index in [9.17, 15) is 13.2 Å². The molecule has 0 aliphatic rings.